The standard InChI is InChI=1S/C21H22ClN3OS/c1-14(15-8-10-16(22)11-9-15)23-20(26)13-25-12-4-6-18(25)21-24-17-5-2-3-7-19(17)27-21/h2-3,5,7-11,14,18H,4,6,12-13H2,1H3,(H,23,26). The number of amides is 1. The lowest BCUT2D eigenvalue weighted by Crippen LogP contribution is -2.38. The first kappa shape index (κ1) is 18.4. The highest BCUT2D eigenvalue weighted by Crippen LogP contribution is 2.36. The Balaban J connectivity index is 1.41. The van der Waals surface area contributed by atoms with Crippen molar-refractivity contribution in [1.82, 2.24) is 15.2 Å². The van der Waals surface area contributed by atoms with Crippen LogP contribution >= 0.6 is 22.9 Å². The molecule has 0 aliphatic carbocycles. The van der Waals surface area contributed by atoms with Gasteiger partial charge in [-0.2, -0.15) is 0 Å². The van der Waals surface area contributed by atoms with Crippen LogP contribution in [-0.4, -0.2) is 28.9 Å². The number of thiazole rings is 1. The average Bonchev–Trinajstić information content (AvgIpc) is 3.28. The Morgan fingerprint density at radius 3 is 2.85 bits per heavy atom. The highest BCUT2D eigenvalue weighted by Gasteiger charge is 2.30. The molecule has 4 nitrogen and oxygen atoms in total. The van der Waals surface area contributed by atoms with Gasteiger partial charge in [-0.25, -0.2) is 4.98 Å². The Kier molecular flexibility index (Phi) is 5.43. The summed E-state index contributed by atoms with van der Waals surface area (Å²) in [5, 5.41) is 4.92. The second-order valence-electron chi connectivity index (χ2n) is 6.99. The number of nitrogens with zero attached hydrogens (tertiary/aromatic N) is 2. The van der Waals surface area contributed by atoms with Gasteiger partial charge < -0.3 is 5.32 Å². The molecule has 27 heavy (non-hydrogen) atoms. The molecule has 6 heteroatoms. The highest BCUT2D eigenvalue weighted by atomic mass is 35.5. The van der Waals surface area contributed by atoms with Gasteiger partial charge in [-0.05, 0) is 56.1 Å². The third-order valence-corrected chi connectivity index (χ3v) is 6.44. The summed E-state index contributed by atoms with van der Waals surface area (Å²) in [5.41, 5.74) is 2.10. The monoisotopic (exact) mass is 399 g/mol. The summed E-state index contributed by atoms with van der Waals surface area (Å²) >= 11 is 7.68. The third kappa shape index (κ3) is 4.15. The van der Waals surface area contributed by atoms with E-state index >= 15 is 0 Å². The zero-order chi connectivity index (χ0) is 18.8. The fourth-order valence-electron chi connectivity index (χ4n) is 3.63. The van der Waals surface area contributed by atoms with Gasteiger partial charge in [0.15, 0.2) is 0 Å². The van der Waals surface area contributed by atoms with Crippen molar-refractivity contribution in [3.8, 4) is 0 Å². The fraction of sp³-hybridized carbons (Fsp3) is 0.333. The van der Waals surface area contributed by atoms with Crippen molar-refractivity contribution in [2.45, 2.75) is 31.8 Å². The Morgan fingerprint density at radius 2 is 2.07 bits per heavy atom. The van der Waals surface area contributed by atoms with Crippen molar-refractivity contribution in [2.24, 2.45) is 0 Å². The molecule has 4 rings (SSSR count). The van der Waals surface area contributed by atoms with Crippen LogP contribution in [-0.2, 0) is 4.79 Å². The molecule has 1 aromatic heterocycles. The normalized spacial score (nSPS) is 18.7. The smallest absolute Gasteiger partial charge is 0.234 e. The van der Waals surface area contributed by atoms with Crippen LogP contribution in [0.2, 0.25) is 5.02 Å². The Bertz CT molecular complexity index is 907. The number of carbonyl (C=O) groups is 1. The number of nitrogens with one attached hydrogen (secondary N) is 1. The van der Waals surface area contributed by atoms with Gasteiger partial charge in [-0.15, -0.1) is 11.3 Å². The maximum absolute atomic E-state index is 12.6. The van der Waals surface area contributed by atoms with E-state index in [4.69, 9.17) is 16.6 Å². The molecular formula is C21H22ClN3OS. The summed E-state index contributed by atoms with van der Waals surface area (Å²) in [7, 11) is 0. The van der Waals surface area contributed by atoms with Crippen molar-refractivity contribution >= 4 is 39.1 Å². The molecule has 2 atom stereocenters. The molecule has 1 aliphatic rings. The molecule has 1 amide bonds. The van der Waals surface area contributed by atoms with Gasteiger partial charge >= 0.3 is 0 Å². The Morgan fingerprint density at radius 1 is 1.30 bits per heavy atom. The molecule has 1 saturated heterocycles. The highest BCUT2D eigenvalue weighted by molar-refractivity contribution is 7.18. The van der Waals surface area contributed by atoms with E-state index in [1.807, 2.05) is 43.3 Å². The van der Waals surface area contributed by atoms with Crippen molar-refractivity contribution in [1.29, 1.82) is 0 Å². The van der Waals surface area contributed by atoms with Gasteiger partial charge in [0.05, 0.1) is 28.8 Å². The SMILES string of the molecule is CC(NC(=O)CN1CCCC1c1nc2ccccc2s1)c1ccc(Cl)cc1. The molecule has 1 N–H and O–H groups in total. The predicted octanol–water partition coefficient (Wildman–Crippen LogP) is 4.96. The van der Waals surface area contributed by atoms with Crippen LogP contribution < -0.4 is 5.32 Å². The number of likely N-dealkylation sites (tertiary alicyclic amines) is 1. The van der Waals surface area contributed by atoms with E-state index in [0.717, 1.165) is 35.5 Å². The number of benzene rings is 2. The van der Waals surface area contributed by atoms with Gasteiger partial charge in [0.25, 0.3) is 0 Å². The van der Waals surface area contributed by atoms with Gasteiger partial charge in [0, 0.05) is 5.02 Å². The molecule has 140 valence electrons. The van der Waals surface area contributed by atoms with E-state index in [2.05, 4.69) is 22.3 Å². The summed E-state index contributed by atoms with van der Waals surface area (Å²) in [5.74, 6) is 0.0467. The summed E-state index contributed by atoms with van der Waals surface area (Å²) in [6.07, 6.45) is 2.15. The van der Waals surface area contributed by atoms with E-state index in [0.29, 0.717) is 11.6 Å². The quantitative estimate of drug-likeness (QED) is 0.659. The molecule has 2 aromatic carbocycles. The lowest BCUT2D eigenvalue weighted by molar-refractivity contribution is -0.123. The molecule has 0 bridgehead atoms. The second-order valence-corrected chi connectivity index (χ2v) is 8.49. The maximum atomic E-state index is 12.6. The summed E-state index contributed by atoms with van der Waals surface area (Å²) < 4.78 is 1.21. The minimum absolute atomic E-state index is 0.0433. The molecule has 2 heterocycles. The van der Waals surface area contributed by atoms with Crippen molar-refractivity contribution in [3.63, 3.8) is 0 Å². The maximum Gasteiger partial charge on any atom is 0.234 e. The third-order valence-electron chi connectivity index (χ3n) is 5.05. The summed E-state index contributed by atoms with van der Waals surface area (Å²) in [6.45, 7) is 3.33. The Labute approximate surface area is 168 Å². The first-order valence-corrected chi connectivity index (χ1v) is 10.4. The van der Waals surface area contributed by atoms with Crippen LogP contribution in [0.5, 0.6) is 0 Å². The lowest BCUT2D eigenvalue weighted by Gasteiger charge is -2.23. The number of fused-ring (bicyclic) bond motifs is 1. The van der Waals surface area contributed by atoms with Crippen molar-refractivity contribution in [3.05, 3.63) is 64.1 Å². The molecule has 0 saturated carbocycles. The van der Waals surface area contributed by atoms with Gasteiger partial charge in [0.2, 0.25) is 5.91 Å². The summed E-state index contributed by atoms with van der Waals surface area (Å²) in [6, 6.07) is 16.0. The molecular weight excluding hydrogens is 378 g/mol. The van der Waals surface area contributed by atoms with E-state index in [9.17, 15) is 4.79 Å². The van der Waals surface area contributed by atoms with Crippen molar-refractivity contribution < 1.29 is 4.79 Å². The first-order chi connectivity index (χ1) is 13.1. The zero-order valence-electron chi connectivity index (χ0n) is 15.2. The van der Waals surface area contributed by atoms with E-state index in [-0.39, 0.29) is 18.0 Å². The van der Waals surface area contributed by atoms with Crippen LogP contribution in [0.4, 0.5) is 0 Å². The van der Waals surface area contributed by atoms with Gasteiger partial charge in [-0.1, -0.05) is 35.9 Å². The van der Waals surface area contributed by atoms with E-state index in [1.165, 1.54) is 4.70 Å². The van der Waals surface area contributed by atoms with Crippen LogP contribution in [0.25, 0.3) is 10.2 Å². The van der Waals surface area contributed by atoms with Crippen molar-refractivity contribution in [2.75, 3.05) is 13.1 Å². The largest absolute Gasteiger partial charge is 0.348 e. The van der Waals surface area contributed by atoms with Gasteiger partial charge in [0.1, 0.15) is 5.01 Å². The minimum atomic E-state index is -0.0433. The predicted molar refractivity (Wildman–Crippen MR) is 111 cm³/mol. The van der Waals surface area contributed by atoms with Crippen LogP contribution in [0.3, 0.4) is 0 Å². The molecule has 3 aromatic rings. The molecule has 0 spiro atoms. The second kappa shape index (κ2) is 7.97. The molecule has 1 fully saturated rings. The van der Waals surface area contributed by atoms with Crippen LogP contribution in [0.1, 0.15) is 42.4 Å². The number of halogens is 1. The van der Waals surface area contributed by atoms with E-state index < -0.39 is 0 Å². The zero-order valence-corrected chi connectivity index (χ0v) is 16.8. The Hall–Kier alpha value is -1.95. The number of hydrogen-bond acceptors (Lipinski definition) is 4. The first-order valence-electron chi connectivity index (χ1n) is 9.24. The molecule has 0 radical (unpaired) electrons. The van der Waals surface area contributed by atoms with Gasteiger partial charge in [-0.3, -0.25) is 9.69 Å². The number of para-hydroxylation sites is 1. The number of carbonyl (C=O) groups excluding carboxylic acids is 1. The topological polar surface area (TPSA) is 45.2 Å². The number of hydrogen-bond donors (Lipinski definition) is 1. The van der Waals surface area contributed by atoms with E-state index in [1.54, 1.807) is 11.3 Å². The fourth-order valence-corrected chi connectivity index (χ4v) is 4.90. The minimum Gasteiger partial charge on any atom is -0.348 e. The van der Waals surface area contributed by atoms with Crippen LogP contribution in [0.15, 0.2) is 48.5 Å². The van der Waals surface area contributed by atoms with Crippen LogP contribution in [0, 0.1) is 0 Å². The molecule has 2 unspecified atom stereocenters. The lowest BCUT2D eigenvalue weighted by atomic mass is 10.1. The average molecular weight is 400 g/mol. The summed E-state index contributed by atoms with van der Waals surface area (Å²) in [4.78, 5) is 19.7. The number of aromatic nitrogens is 1. The number of rotatable bonds is 5. The molecule has 1 aliphatic heterocycles.